The van der Waals surface area contributed by atoms with Gasteiger partial charge in [0, 0.05) is 19.3 Å². The van der Waals surface area contributed by atoms with Crippen molar-refractivity contribution < 1.29 is 28.6 Å². The fourth-order valence-corrected chi connectivity index (χ4v) is 11.7. The SMILES string of the molecule is CCCCCCCCCC/C=C\CCCCCCCCCCCCCCCCCCCCCC(=O)OCC(COC(=O)CCCCCCC)OC(=O)CCCCCCCCCCCCCCCCCCCCCCCCCCCCC. The maximum Gasteiger partial charge on any atom is 0.306 e. The topological polar surface area (TPSA) is 78.9 Å². The minimum absolute atomic E-state index is 0.0635. The highest BCUT2D eigenvalue weighted by Crippen LogP contribution is 2.20. The first-order valence-corrected chi connectivity index (χ1v) is 37.2. The average molecular weight is 1140 g/mol. The lowest BCUT2D eigenvalue weighted by atomic mass is 10.0. The summed E-state index contributed by atoms with van der Waals surface area (Å²) in [5.74, 6) is -0.845. The second-order valence-electron chi connectivity index (χ2n) is 25.6. The number of carbonyl (C=O) groups excluding carboxylic acids is 3. The van der Waals surface area contributed by atoms with Crippen molar-refractivity contribution in [2.24, 2.45) is 0 Å². The van der Waals surface area contributed by atoms with Gasteiger partial charge in [0.2, 0.25) is 0 Å². The predicted molar refractivity (Wildman–Crippen MR) is 353 cm³/mol. The van der Waals surface area contributed by atoms with E-state index in [9.17, 15) is 14.4 Å². The van der Waals surface area contributed by atoms with Crippen LogP contribution < -0.4 is 0 Å². The maximum atomic E-state index is 12.9. The molecule has 0 aromatic heterocycles. The van der Waals surface area contributed by atoms with Crippen molar-refractivity contribution in [1.82, 2.24) is 0 Å². The first-order chi connectivity index (χ1) is 40.0. The molecule has 0 saturated carbocycles. The molecule has 1 atom stereocenters. The highest BCUT2D eigenvalue weighted by molar-refractivity contribution is 5.71. The zero-order valence-corrected chi connectivity index (χ0v) is 55.4. The van der Waals surface area contributed by atoms with Crippen LogP contribution in [-0.2, 0) is 28.6 Å². The molecule has 0 aromatic carbocycles. The molecular formula is C75H144O6. The standard InChI is InChI=1S/C75H144O6/c1-4-7-10-13-15-17-19-21-23-25-27-29-31-33-35-36-37-38-40-41-43-45-47-49-51-53-55-57-59-62-65-68-74(77)80-71-72(70-79-73(76)67-64-61-12-9-6-3)81-75(78)69-66-63-60-58-56-54-52-50-48-46-44-42-39-34-32-30-28-26-24-22-20-18-16-14-11-8-5-2/h25,27,72H,4-24,26,28-71H2,1-3H3/b27-25-. The van der Waals surface area contributed by atoms with Gasteiger partial charge in [-0.1, -0.05) is 380 Å². The summed E-state index contributed by atoms with van der Waals surface area (Å²) in [6, 6.07) is 0. The highest BCUT2D eigenvalue weighted by atomic mass is 16.6. The Morgan fingerprint density at radius 1 is 0.235 bits per heavy atom. The third kappa shape index (κ3) is 68.8. The number of rotatable bonds is 70. The van der Waals surface area contributed by atoms with E-state index in [1.807, 2.05) is 0 Å². The molecule has 6 nitrogen and oxygen atoms in total. The smallest absolute Gasteiger partial charge is 0.306 e. The van der Waals surface area contributed by atoms with Gasteiger partial charge < -0.3 is 14.2 Å². The average Bonchev–Trinajstić information content (AvgIpc) is 3.47. The fourth-order valence-electron chi connectivity index (χ4n) is 11.7. The van der Waals surface area contributed by atoms with Gasteiger partial charge in [-0.2, -0.15) is 0 Å². The Kier molecular flexibility index (Phi) is 69.0. The van der Waals surface area contributed by atoms with E-state index in [2.05, 4.69) is 32.9 Å². The van der Waals surface area contributed by atoms with Gasteiger partial charge in [0.25, 0.3) is 0 Å². The number of allylic oxidation sites excluding steroid dienone is 2. The highest BCUT2D eigenvalue weighted by Gasteiger charge is 2.20. The zero-order chi connectivity index (χ0) is 58.5. The number of hydrogen-bond donors (Lipinski definition) is 0. The Morgan fingerprint density at radius 2 is 0.407 bits per heavy atom. The van der Waals surface area contributed by atoms with Crippen molar-refractivity contribution in [3.8, 4) is 0 Å². The van der Waals surface area contributed by atoms with Crippen LogP contribution in [0.5, 0.6) is 0 Å². The van der Waals surface area contributed by atoms with Gasteiger partial charge in [0.15, 0.2) is 6.10 Å². The van der Waals surface area contributed by atoms with Gasteiger partial charge in [0.05, 0.1) is 0 Å². The molecule has 0 aliphatic carbocycles. The van der Waals surface area contributed by atoms with Gasteiger partial charge in [-0.15, -0.1) is 0 Å². The van der Waals surface area contributed by atoms with Gasteiger partial charge in [-0.25, -0.2) is 0 Å². The molecule has 0 radical (unpaired) electrons. The van der Waals surface area contributed by atoms with Crippen LogP contribution in [0.2, 0.25) is 0 Å². The van der Waals surface area contributed by atoms with E-state index in [1.54, 1.807) is 0 Å². The minimum atomic E-state index is -0.763. The van der Waals surface area contributed by atoms with E-state index >= 15 is 0 Å². The summed E-state index contributed by atoms with van der Waals surface area (Å²) in [4.78, 5) is 38.1. The molecule has 1 unspecified atom stereocenters. The summed E-state index contributed by atoms with van der Waals surface area (Å²) in [5.41, 5.74) is 0. The number of hydrogen-bond acceptors (Lipinski definition) is 6. The molecule has 0 N–H and O–H groups in total. The maximum absolute atomic E-state index is 12.9. The summed E-state index contributed by atoms with van der Waals surface area (Å²) >= 11 is 0. The number of unbranched alkanes of at least 4 members (excludes halogenated alkanes) is 57. The lowest BCUT2D eigenvalue weighted by molar-refractivity contribution is -0.167. The van der Waals surface area contributed by atoms with Crippen molar-refractivity contribution in [2.75, 3.05) is 13.2 Å². The van der Waals surface area contributed by atoms with Crippen molar-refractivity contribution in [3.05, 3.63) is 12.2 Å². The third-order valence-electron chi connectivity index (χ3n) is 17.3. The second-order valence-corrected chi connectivity index (χ2v) is 25.6. The van der Waals surface area contributed by atoms with Crippen LogP contribution in [0.1, 0.15) is 432 Å². The molecule has 0 saturated heterocycles. The molecule has 0 bridgehead atoms. The van der Waals surface area contributed by atoms with Crippen molar-refractivity contribution >= 4 is 17.9 Å². The van der Waals surface area contributed by atoms with Crippen LogP contribution in [0.15, 0.2) is 12.2 Å². The van der Waals surface area contributed by atoms with Crippen LogP contribution >= 0.6 is 0 Å². The van der Waals surface area contributed by atoms with Gasteiger partial charge >= 0.3 is 17.9 Å². The van der Waals surface area contributed by atoms with E-state index < -0.39 is 6.10 Å². The first kappa shape index (κ1) is 79.2. The van der Waals surface area contributed by atoms with E-state index in [-0.39, 0.29) is 31.1 Å². The van der Waals surface area contributed by atoms with E-state index in [4.69, 9.17) is 14.2 Å². The quantitative estimate of drug-likeness (QED) is 0.0261. The Balaban J connectivity index is 3.87. The second kappa shape index (κ2) is 70.6. The molecule has 0 spiro atoms. The van der Waals surface area contributed by atoms with Crippen molar-refractivity contribution in [3.63, 3.8) is 0 Å². The number of carbonyl (C=O) groups is 3. The zero-order valence-electron chi connectivity index (χ0n) is 55.4. The normalized spacial score (nSPS) is 12.0. The van der Waals surface area contributed by atoms with Gasteiger partial charge in [-0.05, 0) is 44.9 Å². The largest absolute Gasteiger partial charge is 0.462 e. The molecule has 0 amide bonds. The molecule has 0 aromatic rings. The molecular weight excluding hydrogens is 997 g/mol. The molecule has 0 aliphatic rings. The monoisotopic (exact) mass is 1140 g/mol. The molecule has 0 rings (SSSR count). The van der Waals surface area contributed by atoms with Crippen LogP contribution in [-0.4, -0.2) is 37.2 Å². The summed E-state index contributed by atoms with van der Waals surface area (Å²) in [6.07, 6.45) is 86.1. The van der Waals surface area contributed by atoms with Crippen LogP contribution in [0.4, 0.5) is 0 Å². The molecule has 480 valence electrons. The third-order valence-corrected chi connectivity index (χ3v) is 17.3. The van der Waals surface area contributed by atoms with E-state index in [1.165, 1.54) is 327 Å². The molecule has 81 heavy (non-hydrogen) atoms. The van der Waals surface area contributed by atoms with Crippen LogP contribution in [0, 0.1) is 0 Å². The Labute approximate surface area is 507 Å². The lowest BCUT2D eigenvalue weighted by Gasteiger charge is -2.18. The minimum Gasteiger partial charge on any atom is -0.462 e. The van der Waals surface area contributed by atoms with Gasteiger partial charge in [-0.3, -0.25) is 14.4 Å². The fraction of sp³-hybridized carbons (Fsp3) is 0.933. The first-order valence-electron chi connectivity index (χ1n) is 37.2. The van der Waals surface area contributed by atoms with Crippen LogP contribution in [0.3, 0.4) is 0 Å². The molecule has 0 fully saturated rings. The lowest BCUT2D eigenvalue weighted by Crippen LogP contribution is -2.30. The summed E-state index contributed by atoms with van der Waals surface area (Å²) < 4.78 is 16.8. The van der Waals surface area contributed by atoms with Crippen molar-refractivity contribution in [1.29, 1.82) is 0 Å². The Bertz CT molecular complexity index is 1260. The molecule has 0 heterocycles. The van der Waals surface area contributed by atoms with Crippen LogP contribution in [0.25, 0.3) is 0 Å². The summed E-state index contributed by atoms with van der Waals surface area (Å²) in [7, 11) is 0. The number of esters is 3. The van der Waals surface area contributed by atoms with Crippen molar-refractivity contribution in [2.45, 2.75) is 438 Å². The molecule has 6 heteroatoms. The van der Waals surface area contributed by atoms with Gasteiger partial charge in [0.1, 0.15) is 13.2 Å². The predicted octanol–water partition coefficient (Wildman–Crippen LogP) is 25.6. The summed E-state index contributed by atoms with van der Waals surface area (Å²) in [6.45, 7) is 6.65. The van der Waals surface area contributed by atoms with E-state index in [0.29, 0.717) is 19.3 Å². The molecule has 0 aliphatic heterocycles. The van der Waals surface area contributed by atoms with E-state index in [0.717, 1.165) is 64.2 Å². The Morgan fingerprint density at radius 3 is 0.617 bits per heavy atom. The Hall–Kier alpha value is -1.85. The number of ether oxygens (including phenoxy) is 3. The summed E-state index contributed by atoms with van der Waals surface area (Å²) in [5, 5.41) is 0.